The van der Waals surface area contributed by atoms with Crippen LogP contribution in [0.25, 0.3) is 0 Å². The number of carbonyl (C=O) groups is 1. The van der Waals surface area contributed by atoms with Crippen molar-refractivity contribution < 1.29 is 22.0 Å². The van der Waals surface area contributed by atoms with Gasteiger partial charge in [-0.05, 0) is 30.0 Å². The summed E-state index contributed by atoms with van der Waals surface area (Å²) in [5.41, 5.74) is 6.15. The molecule has 0 spiro atoms. The van der Waals surface area contributed by atoms with Crippen molar-refractivity contribution in [3.05, 3.63) is 35.4 Å². The van der Waals surface area contributed by atoms with Gasteiger partial charge < -0.3 is 11.1 Å². The van der Waals surface area contributed by atoms with E-state index < -0.39 is 21.3 Å². The molecular weight excluding hydrogens is 362 g/mol. The third-order valence-electron chi connectivity index (χ3n) is 3.23. The largest absolute Gasteiger partial charge is 0.348 e. The molecule has 1 aromatic carbocycles. The lowest BCUT2D eigenvalue weighted by atomic mass is 10.0. The fraction of sp³-hybridized carbons (Fsp3) is 0.533. The van der Waals surface area contributed by atoms with Gasteiger partial charge >= 0.3 is 5.76 Å². The van der Waals surface area contributed by atoms with E-state index in [0.717, 1.165) is 6.42 Å². The minimum atomic E-state index is -4.47. The van der Waals surface area contributed by atoms with E-state index in [2.05, 4.69) is 5.32 Å². The highest BCUT2D eigenvalue weighted by Gasteiger charge is 2.24. The molecule has 3 N–H and O–H groups in total. The predicted molar refractivity (Wildman–Crippen MR) is 92.1 cm³/mol. The first-order valence-corrected chi connectivity index (χ1v) is 8.96. The van der Waals surface area contributed by atoms with Crippen LogP contribution in [-0.4, -0.2) is 32.7 Å². The van der Waals surface area contributed by atoms with Gasteiger partial charge in [-0.1, -0.05) is 26.0 Å². The molecule has 0 radical (unpaired) electrons. The van der Waals surface area contributed by atoms with Gasteiger partial charge in [0, 0.05) is 18.2 Å². The molecule has 0 aromatic heterocycles. The summed E-state index contributed by atoms with van der Waals surface area (Å²) in [6, 6.07) is 5.38. The van der Waals surface area contributed by atoms with Gasteiger partial charge in [-0.15, -0.1) is 12.4 Å². The van der Waals surface area contributed by atoms with Gasteiger partial charge in [0.25, 0.3) is 5.91 Å². The zero-order valence-corrected chi connectivity index (χ0v) is 15.2. The van der Waals surface area contributed by atoms with Gasteiger partial charge in [0.1, 0.15) is 0 Å². The topological polar surface area (TPSA) is 89.3 Å². The zero-order chi connectivity index (χ0) is 17.6. The minimum Gasteiger partial charge on any atom is -0.348 e. The number of hydrogen-bond donors (Lipinski definition) is 2. The van der Waals surface area contributed by atoms with Gasteiger partial charge in [-0.2, -0.15) is 8.78 Å². The second kappa shape index (κ2) is 9.90. The molecule has 138 valence electrons. The minimum absolute atomic E-state index is 0. The molecule has 0 bridgehead atoms. The second-order valence-electron chi connectivity index (χ2n) is 5.80. The molecule has 0 aliphatic rings. The first kappa shape index (κ1) is 22.8. The summed E-state index contributed by atoms with van der Waals surface area (Å²) < 4.78 is 47.0. The normalized spacial score (nSPS) is 12.8. The number of rotatable bonds is 8. The summed E-state index contributed by atoms with van der Waals surface area (Å²) >= 11 is 0. The number of halogens is 3. The van der Waals surface area contributed by atoms with Crippen molar-refractivity contribution in [1.29, 1.82) is 0 Å². The maximum Gasteiger partial charge on any atom is 0.337 e. The molecule has 1 aromatic rings. The van der Waals surface area contributed by atoms with Gasteiger partial charge in [-0.3, -0.25) is 4.79 Å². The van der Waals surface area contributed by atoms with Gasteiger partial charge in [-0.25, -0.2) is 8.42 Å². The van der Waals surface area contributed by atoms with Crippen molar-refractivity contribution in [1.82, 2.24) is 5.32 Å². The van der Waals surface area contributed by atoms with Crippen molar-refractivity contribution in [2.24, 2.45) is 11.7 Å². The van der Waals surface area contributed by atoms with Crippen LogP contribution in [0.5, 0.6) is 0 Å². The van der Waals surface area contributed by atoms with E-state index in [9.17, 15) is 22.0 Å². The van der Waals surface area contributed by atoms with E-state index in [1.807, 2.05) is 13.8 Å². The first-order valence-electron chi connectivity index (χ1n) is 7.25. The van der Waals surface area contributed by atoms with E-state index in [1.54, 1.807) is 0 Å². The summed E-state index contributed by atoms with van der Waals surface area (Å²) in [6.45, 7) is 4.36. The first-order chi connectivity index (χ1) is 10.7. The van der Waals surface area contributed by atoms with Crippen LogP contribution < -0.4 is 11.1 Å². The molecule has 1 rings (SSSR count). The van der Waals surface area contributed by atoms with Crippen LogP contribution in [-0.2, 0) is 15.6 Å². The quantitative estimate of drug-likeness (QED) is 0.720. The Morgan fingerprint density at radius 2 is 1.75 bits per heavy atom. The molecule has 9 heteroatoms. The average molecular weight is 385 g/mol. The molecule has 0 saturated carbocycles. The van der Waals surface area contributed by atoms with Crippen molar-refractivity contribution >= 4 is 28.2 Å². The fourth-order valence-electron chi connectivity index (χ4n) is 2.10. The Balaban J connectivity index is 0.00000529. The standard InChI is InChI=1S/C15H22F2N2O3S.ClH/c1-10(2)7-13(8-18)19-14(20)12-5-3-11(4-6-12)9-23(21,22)15(16)17;/h3-6,10,13,15H,7-9,18H2,1-2H3,(H,19,20);1H. The molecule has 0 fully saturated rings. The highest BCUT2D eigenvalue weighted by atomic mass is 35.5. The van der Waals surface area contributed by atoms with E-state index in [0.29, 0.717) is 18.0 Å². The van der Waals surface area contributed by atoms with Crippen molar-refractivity contribution in [3.63, 3.8) is 0 Å². The molecule has 0 heterocycles. The highest BCUT2D eigenvalue weighted by Crippen LogP contribution is 2.14. The number of amides is 1. The summed E-state index contributed by atoms with van der Waals surface area (Å²) in [4.78, 5) is 12.1. The van der Waals surface area contributed by atoms with Gasteiger partial charge in [0.2, 0.25) is 9.84 Å². The monoisotopic (exact) mass is 384 g/mol. The molecule has 5 nitrogen and oxygen atoms in total. The Morgan fingerprint density at radius 3 is 2.17 bits per heavy atom. The number of nitrogens with one attached hydrogen (secondary N) is 1. The number of nitrogens with two attached hydrogens (primary N) is 1. The van der Waals surface area contributed by atoms with Crippen LogP contribution in [0.15, 0.2) is 24.3 Å². The Bertz CT molecular complexity index is 622. The SMILES string of the molecule is CC(C)CC(CN)NC(=O)c1ccc(CS(=O)(=O)C(F)F)cc1.Cl. The van der Waals surface area contributed by atoms with E-state index >= 15 is 0 Å². The fourth-order valence-corrected chi connectivity index (χ4v) is 2.88. The third kappa shape index (κ3) is 7.11. The van der Waals surface area contributed by atoms with Gasteiger partial charge in [0.05, 0.1) is 5.75 Å². The summed E-state index contributed by atoms with van der Waals surface area (Å²) in [5, 5.41) is 2.80. The second-order valence-corrected chi connectivity index (χ2v) is 7.77. The van der Waals surface area contributed by atoms with Crippen molar-refractivity contribution in [2.45, 2.75) is 37.8 Å². The van der Waals surface area contributed by atoms with Crippen LogP contribution in [0.2, 0.25) is 0 Å². The van der Waals surface area contributed by atoms with Crippen LogP contribution in [0.3, 0.4) is 0 Å². The van der Waals surface area contributed by atoms with Crippen LogP contribution in [0.4, 0.5) is 8.78 Å². The highest BCUT2D eigenvalue weighted by molar-refractivity contribution is 7.90. The summed E-state index contributed by atoms with van der Waals surface area (Å²) in [6.07, 6.45) is 0.743. The number of alkyl halides is 2. The Morgan fingerprint density at radius 1 is 1.21 bits per heavy atom. The van der Waals surface area contributed by atoms with Crippen molar-refractivity contribution in [3.8, 4) is 0 Å². The average Bonchev–Trinajstić information content (AvgIpc) is 2.46. The Kier molecular flexibility index (Phi) is 9.39. The third-order valence-corrected chi connectivity index (χ3v) is 4.51. The zero-order valence-electron chi connectivity index (χ0n) is 13.5. The smallest absolute Gasteiger partial charge is 0.337 e. The predicted octanol–water partition coefficient (Wildman–Crippen LogP) is 2.35. The van der Waals surface area contributed by atoms with E-state index in [1.165, 1.54) is 24.3 Å². The Labute approximate surface area is 147 Å². The number of hydrogen-bond acceptors (Lipinski definition) is 4. The lowest BCUT2D eigenvalue weighted by molar-refractivity contribution is 0.0933. The van der Waals surface area contributed by atoms with Crippen LogP contribution in [0, 0.1) is 5.92 Å². The molecule has 1 atom stereocenters. The maximum atomic E-state index is 12.3. The molecule has 24 heavy (non-hydrogen) atoms. The van der Waals surface area contributed by atoms with Crippen LogP contribution in [0.1, 0.15) is 36.2 Å². The summed E-state index contributed by atoms with van der Waals surface area (Å²) in [7, 11) is -4.47. The lowest BCUT2D eigenvalue weighted by Gasteiger charge is -2.18. The molecule has 0 aliphatic carbocycles. The number of sulfone groups is 1. The summed E-state index contributed by atoms with van der Waals surface area (Å²) in [5.74, 6) is -4.12. The van der Waals surface area contributed by atoms with E-state index in [4.69, 9.17) is 5.73 Å². The van der Waals surface area contributed by atoms with Crippen LogP contribution >= 0.6 is 12.4 Å². The lowest BCUT2D eigenvalue weighted by Crippen LogP contribution is -2.41. The molecule has 0 aliphatic heterocycles. The maximum absolute atomic E-state index is 12.3. The van der Waals surface area contributed by atoms with E-state index in [-0.39, 0.29) is 29.9 Å². The van der Waals surface area contributed by atoms with Gasteiger partial charge in [0.15, 0.2) is 0 Å². The Hall–Kier alpha value is -1.25. The number of benzene rings is 1. The molecule has 0 saturated heterocycles. The molecular formula is C15H23ClF2N2O3S. The number of carbonyl (C=O) groups excluding carboxylic acids is 1. The van der Waals surface area contributed by atoms with Crippen molar-refractivity contribution in [2.75, 3.05) is 6.54 Å². The molecule has 1 amide bonds. The molecule has 1 unspecified atom stereocenters.